The smallest absolute Gasteiger partial charge is 0.0642 e. The lowest BCUT2D eigenvalue weighted by Crippen LogP contribution is -2.31. The molecule has 0 aromatic carbocycles. The Morgan fingerprint density at radius 2 is 2.23 bits per heavy atom. The van der Waals surface area contributed by atoms with Gasteiger partial charge in [0.15, 0.2) is 0 Å². The molecular formula is C12H22O. The van der Waals surface area contributed by atoms with Gasteiger partial charge in [-0.25, -0.2) is 0 Å². The zero-order chi connectivity index (χ0) is 9.84. The summed E-state index contributed by atoms with van der Waals surface area (Å²) < 4.78 is 5.80. The van der Waals surface area contributed by atoms with Crippen LogP contribution in [0.5, 0.6) is 0 Å². The highest BCUT2D eigenvalue weighted by atomic mass is 16.5. The van der Waals surface area contributed by atoms with Crippen molar-refractivity contribution in [1.29, 1.82) is 0 Å². The third kappa shape index (κ3) is 3.15. The van der Waals surface area contributed by atoms with Crippen LogP contribution >= 0.6 is 0 Å². The van der Waals surface area contributed by atoms with Crippen molar-refractivity contribution in [1.82, 2.24) is 0 Å². The average Bonchev–Trinajstić information content (AvgIpc) is 2.03. The van der Waals surface area contributed by atoms with E-state index in [1.54, 1.807) is 0 Å². The van der Waals surface area contributed by atoms with E-state index in [-0.39, 0.29) is 0 Å². The Kier molecular flexibility index (Phi) is 3.98. The molecule has 0 unspecified atom stereocenters. The van der Waals surface area contributed by atoms with E-state index < -0.39 is 0 Å². The van der Waals surface area contributed by atoms with Crippen LogP contribution in [0.2, 0.25) is 0 Å². The fourth-order valence-electron chi connectivity index (χ4n) is 2.10. The molecule has 0 spiro atoms. The van der Waals surface area contributed by atoms with Crippen LogP contribution in [-0.4, -0.2) is 12.7 Å². The fourth-order valence-corrected chi connectivity index (χ4v) is 2.10. The summed E-state index contributed by atoms with van der Waals surface area (Å²) in [5, 5.41) is 0. The number of rotatable bonds is 3. The molecule has 1 saturated heterocycles. The summed E-state index contributed by atoms with van der Waals surface area (Å²) in [6, 6.07) is 0. The lowest BCUT2D eigenvalue weighted by molar-refractivity contribution is -0.0252. The van der Waals surface area contributed by atoms with Gasteiger partial charge in [-0.2, -0.15) is 0 Å². The zero-order valence-electron chi connectivity index (χ0n) is 9.18. The summed E-state index contributed by atoms with van der Waals surface area (Å²) >= 11 is 0. The van der Waals surface area contributed by atoms with Gasteiger partial charge in [-0.05, 0) is 32.1 Å². The van der Waals surface area contributed by atoms with E-state index >= 15 is 0 Å². The first-order valence-corrected chi connectivity index (χ1v) is 5.38. The molecule has 13 heavy (non-hydrogen) atoms. The van der Waals surface area contributed by atoms with Crippen molar-refractivity contribution in [3.63, 3.8) is 0 Å². The van der Waals surface area contributed by atoms with Gasteiger partial charge in [0, 0.05) is 12.5 Å². The van der Waals surface area contributed by atoms with E-state index in [1.165, 1.54) is 24.8 Å². The van der Waals surface area contributed by atoms with Gasteiger partial charge >= 0.3 is 0 Å². The Labute approximate surface area is 82.2 Å². The normalized spacial score (nSPS) is 29.2. The van der Waals surface area contributed by atoms with E-state index in [9.17, 15) is 0 Å². The van der Waals surface area contributed by atoms with Crippen LogP contribution in [0.3, 0.4) is 0 Å². The Morgan fingerprint density at radius 1 is 1.54 bits per heavy atom. The first-order valence-electron chi connectivity index (χ1n) is 5.38. The number of hydrogen-bond donors (Lipinski definition) is 0. The highest BCUT2D eigenvalue weighted by Crippen LogP contribution is 2.30. The van der Waals surface area contributed by atoms with Crippen molar-refractivity contribution >= 4 is 0 Å². The molecule has 1 rings (SSSR count). The highest BCUT2D eigenvalue weighted by Gasteiger charge is 2.26. The quantitative estimate of drug-likeness (QED) is 0.608. The predicted molar refractivity (Wildman–Crippen MR) is 56.7 cm³/mol. The van der Waals surface area contributed by atoms with Crippen LogP contribution in [0.1, 0.15) is 40.0 Å². The lowest BCUT2D eigenvalue weighted by atomic mass is 9.85. The van der Waals surface area contributed by atoms with Gasteiger partial charge in [0.25, 0.3) is 0 Å². The van der Waals surface area contributed by atoms with Crippen molar-refractivity contribution in [2.24, 2.45) is 11.8 Å². The molecule has 1 aliphatic heterocycles. The third-order valence-electron chi connectivity index (χ3n) is 2.78. The largest absolute Gasteiger partial charge is 0.378 e. The summed E-state index contributed by atoms with van der Waals surface area (Å²) in [7, 11) is 0. The summed E-state index contributed by atoms with van der Waals surface area (Å²) in [6.45, 7) is 11.6. The molecule has 1 heteroatoms. The van der Waals surface area contributed by atoms with Gasteiger partial charge in [0.2, 0.25) is 0 Å². The lowest BCUT2D eigenvalue weighted by Gasteiger charge is -2.33. The van der Waals surface area contributed by atoms with Gasteiger partial charge in [0.05, 0.1) is 6.10 Å². The van der Waals surface area contributed by atoms with E-state index in [4.69, 9.17) is 4.74 Å². The maximum atomic E-state index is 5.80. The van der Waals surface area contributed by atoms with E-state index in [2.05, 4.69) is 27.4 Å². The van der Waals surface area contributed by atoms with Crippen molar-refractivity contribution in [2.45, 2.75) is 46.1 Å². The van der Waals surface area contributed by atoms with Crippen LogP contribution in [0.15, 0.2) is 12.2 Å². The van der Waals surface area contributed by atoms with Gasteiger partial charge < -0.3 is 4.74 Å². The average molecular weight is 182 g/mol. The minimum Gasteiger partial charge on any atom is -0.378 e. The second kappa shape index (κ2) is 4.80. The summed E-state index contributed by atoms with van der Waals surface area (Å²) in [5.74, 6) is 1.33. The van der Waals surface area contributed by atoms with Crippen LogP contribution in [0, 0.1) is 11.8 Å². The van der Waals surface area contributed by atoms with Gasteiger partial charge in [0.1, 0.15) is 0 Å². The van der Waals surface area contributed by atoms with E-state index in [0.717, 1.165) is 12.5 Å². The summed E-state index contributed by atoms with van der Waals surface area (Å²) in [4.78, 5) is 0. The fraction of sp³-hybridized carbons (Fsp3) is 0.833. The zero-order valence-corrected chi connectivity index (χ0v) is 9.18. The second-order valence-corrected chi connectivity index (χ2v) is 4.63. The monoisotopic (exact) mass is 182 g/mol. The van der Waals surface area contributed by atoms with Crippen LogP contribution in [0.25, 0.3) is 0 Å². The molecule has 0 saturated carbocycles. The van der Waals surface area contributed by atoms with Crippen LogP contribution in [0.4, 0.5) is 0 Å². The molecule has 0 aliphatic carbocycles. The SMILES string of the molecule is C=C(C)[C@@H]1CCCO[C@H]1CC(C)C. The first-order chi connectivity index (χ1) is 6.11. The number of ether oxygens (including phenoxy) is 1. The molecular weight excluding hydrogens is 160 g/mol. The van der Waals surface area contributed by atoms with Crippen molar-refractivity contribution in [2.75, 3.05) is 6.61 Å². The first kappa shape index (κ1) is 10.8. The van der Waals surface area contributed by atoms with E-state index in [1.807, 2.05) is 0 Å². The molecule has 0 radical (unpaired) electrons. The molecule has 1 nitrogen and oxygen atoms in total. The third-order valence-corrected chi connectivity index (χ3v) is 2.78. The molecule has 1 fully saturated rings. The maximum Gasteiger partial charge on any atom is 0.0642 e. The van der Waals surface area contributed by atoms with E-state index in [0.29, 0.717) is 12.0 Å². The molecule has 2 atom stereocenters. The molecule has 0 aromatic heterocycles. The van der Waals surface area contributed by atoms with Crippen molar-refractivity contribution < 1.29 is 4.74 Å². The Hall–Kier alpha value is -0.300. The summed E-state index contributed by atoms with van der Waals surface area (Å²) in [5.41, 5.74) is 1.30. The molecule has 0 aromatic rings. The van der Waals surface area contributed by atoms with Crippen molar-refractivity contribution in [3.8, 4) is 0 Å². The van der Waals surface area contributed by atoms with Crippen molar-refractivity contribution in [3.05, 3.63) is 12.2 Å². The Morgan fingerprint density at radius 3 is 2.77 bits per heavy atom. The highest BCUT2D eigenvalue weighted by molar-refractivity contribution is 5.01. The standard InChI is InChI=1S/C12H22O/c1-9(2)8-12-11(10(3)4)6-5-7-13-12/h9,11-12H,3,5-8H2,1-2,4H3/t11-,12-/m0/s1. The number of hydrogen-bond acceptors (Lipinski definition) is 1. The van der Waals surface area contributed by atoms with Crippen LogP contribution in [-0.2, 0) is 4.74 Å². The Bertz CT molecular complexity index is 172. The molecule has 1 heterocycles. The molecule has 0 N–H and O–H groups in total. The van der Waals surface area contributed by atoms with Crippen LogP contribution < -0.4 is 0 Å². The minimum atomic E-state index is 0.436. The van der Waals surface area contributed by atoms with Gasteiger partial charge in [-0.15, -0.1) is 0 Å². The van der Waals surface area contributed by atoms with Gasteiger partial charge in [-0.3, -0.25) is 0 Å². The molecule has 1 aliphatic rings. The maximum absolute atomic E-state index is 5.80. The topological polar surface area (TPSA) is 9.23 Å². The minimum absolute atomic E-state index is 0.436. The predicted octanol–water partition coefficient (Wildman–Crippen LogP) is 3.40. The second-order valence-electron chi connectivity index (χ2n) is 4.63. The molecule has 0 amide bonds. The summed E-state index contributed by atoms with van der Waals surface area (Å²) in [6.07, 6.45) is 4.09. The Balaban J connectivity index is 2.51. The van der Waals surface area contributed by atoms with Gasteiger partial charge in [-0.1, -0.05) is 26.0 Å². The molecule has 0 bridgehead atoms. The molecule has 76 valence electrons.